The topological polar surface area (TPSA) is 37.8 Å². The van der Waals surface area contributed by atoms with Crippen molar-refractivity contribution in [2.75, 3.05) is 11.9 Å². The molecule has 0 aromatic carbocycles. The van der Waals surface area contributed by atoms with Crippen LogP contribution in [0.2, 0.25) is 0 Å². The fraction of sp³-hybridized carbons (Fsp3) is 0.750. The van der Waals surface area contributed by atoms with Gasteiger partial charge in [0.1, 0.15) is 11.6 Å². The Kier molecular flexibility index (Phi) is 4.81. The van der Waals surface area contributed by atoms with Crippen molar-refractivity contribution >= 4 is 17.6 Å². The molecule has 1 N–H and O–H groups in total. The summed E-state index contributed by atoms with van der Waals surface area (Å²) in [5.41, 5.74) is 2.66. The number of hydrogen-bond acceptors (Lipinski definition) is 4. The first kappa shape index (κ1) is 14.2. The summed E-state index contributed by atoms with van der Waals surface area (Å²) in [5, 5.41) is 3.53. The quantitative estimate of drug-likeness (QED) is 0.830. The molecular formula is C16H25N3S. The summed E-state index contributed by atoms with van der Waals surface area (Å²) in [4.78, 5) is 9.83. The van der Waals surface area contributed by atoms with Gasteiger partial charge in [-0.3, -0.25) is 0 Å². The summed E-state index contributed by atoms with van der Waals surface area (Å²) >= 11 is 1.97. The first-order valence-corrected chi connectivity index (χ1v) is 9.25. The largest absolute Gasteiger partial charge is 0.370 e. The summed E-state index contributed by atoms with van der Waals surface area (Å²) in [6, 6.07) is 0. The molecular weight excluding hydrogens is 266 g/mol. The van der Waals surface area contributed by atoms with Crippen LogP contribution in [0.3, 0.4) is 0 Å². The van der Waals surface area contributed by atoms with Crippen molar-refractivity contribution in [2.24, 2.45) is 0 Å². The lowest BCUT2D eigenvalue weighted by molar-refractivity contribution is 0.558. The molecule has 3 nitrogen and oxygen atoms in total. The molecule has 1 fully saturated rings. The number of thioether (sulfide) groups is 1. The van der Waals surface area contributed by atoms with E-state index in [9.17, 15) is 0 Å². The lowest BCUT2D eigenvalue weighted by Crippen LogP contribution is -2.12. The number of rotatable bonds is 4. The molecule has 0 radical (unpaired) electrons. The van der Waals surface area contributed by atoms with E-state index in [1.54, 1.807) is 0 Å². The molecule has 110 valence electrons. The number of anilines is 1. The average Bonchev–Trinajstić information content (AvgIpc) is 2.78. The van der Waals surface area contributed by atoms with Gasteiger partial charge in [0.25, 0.3) is 0 Å². The molecule has 1 aliphatic heterocycles. The van der Waals surface area contributed by atoms with Gasteiger partial charge in [-0.15, -0.1) is 0 Å². The van der Waals surface area contributed by atoms with Gasteiger partial charge in [0.15, 0.2) is 0 Å². The van der Waals surface area contributed by atoms with Gasteiger partial charge in [0.2, 0.25) is 0 Å². The molecule has 2 heterocycles. The van der Waals surface area contributed by atoms with Crippen LogP contribution in [-0.4, -0.2) is 16.5 Å². The van der Waals surface area contributed by atoms with Crippen LogP contribution < -0.4 is 5.32 Å². The van der Waals surface area contributed by atoms with Gasteiger partial charge in [-0.05, 0) is 19.3 Å². The van der Waals surface area contributed by atoms with E-state index in [2.05, 4.69) is 12.2 Å². The molecule has 2 aliphatic rings. The second-order valence-corrected chi connectivity index (χ2v) is 6.95. The monoisotopic (exact) mass is 291 g/mol. The molecule has 1 aromatic rings. The van der Waals surface area contributed by atoms with E-state index in [0.29, 0.717) is 5.92 Å². The molecule has 0 bridgehead atoms. The van der Waals surface area contributed by atoms with Gasteiger partial charge >= 0.3 is 0 Å². The highest BCUT2D eigenvalue weighted by atomic mass is 32.2. The van der Waals surface area contributed by atoms with Gasteiger partial charge < -0.3 is 5.32 Å². The maximum Gasteiger partial charge on any atom is 0.134 e. The van der Waals surface area contributed by atoms with Crippen molar-refractivity contribution in [3.63, 3.8) is 0 Å². The SMILES string of the molecule is CCCNc1nc(C2CCCCCC2)nc2c1CSC2. The summed E-state index contributed by atoms with van der Waals surface area (Å²) in [6.45, 7) is 3.22. The van der Waals surface area contributed by atoms with Crippen molar-refractivity contribution in [3.8, 4) is 0 Å². The molecule has 4 heteroatoms. The molecule has 1 aliphatic carbocycles. The summed E-state index contributed by atoms with van der Waals surface area (Å²) in [5.74, 6) is 4.98. The van der Waals surface area contributed by atoms with E-state index in [-0.39, 0.29) is 0 Å². The Hall–Kier alpha value is -0.770. The maximum absolute atomic E-state index is 4.92. The van der Waals surface area contributed by atoms with E-state index in [0.717, 1.165) is 36.1 Å². The van der Waals surface area contributed by atoms with Crippen LogP contribution >= 0.6 is 11.8 Å². The molecule has 0 amide bonds. The van der Waals surface area contributed by atoms with Gasteiger partial charge in [-0.1, -0.05) is 32.6 Å². The Morgan fingerprint density at radius 2 is 1.90 bits per heavy atom. The zero-order valence-corrected chi connectivity index (χ0v) is 13.3. The number of hydrogen-bond donors (Lipinski definition) is 1. The van der Waals surface area contributed by atoms with Gasteiger partial charge in [0, 0.05) is 29.5 Å². The third-order valence-corrected chi connectivity index (χ3v) is 5.33. The van der Waals surface area contributed by atoms with Gasteiger partial charge in [-0.25, -0.2) is 9.97 Å². The Morgan fingerprint density at radius 3 is 2.65 bits per heavy atom. The Morgan fingerprint density at radius 1 is 1.10 bits per heavy atom. The third-order valence-electron chi connectivity index (χ3n) is 4.36. The normalized spacial score (nSPS) is 19.6. The molecule has 0 spiro atoms. The van der Waals surface area contributed by atoms with E-state index >= 15 is 0 Å². The van der Waals surface area contributed by atoms with Crippen LogP contribution in [-0.2, 0) is 11.5 Å². The van der Waals surface area contributed by atoms with E-state index in [1.165, 1.54) is 49.8 Å². The lowest BCUT2D eigenvalue weighted by Gasteiger charge is -2.16. The van der Waals surface area contributed by atoms with Crippen LogP contribution in [0, 0.1) is 0 Å². The van der Waals surface area contributed by atoms with Crippen LogP contribution in [0.15, 0.2) is 0 Å². The molecule has 1 aromatic heterocycles. The maximum atomic E-state index is 4.92. The number of aromatic nitrogens is 2. The van der Waals surface area contributed by atoms with Crippen molar-refractivity contribution in [2.45, 2.75) is 69.3 Å². The van der Waals surface area contributed by atoms with Gasteiger partial charge in [-0.2, -0.15) is 11.8 Å². The Balaban J connectivity index is 1.86. The standard InChI is InChI=1S/C16H25N3S/c1-2-9-17-16-13-10-20-11-14(13)18-15(19-16)12-7-5-3-4-6-8-12/h12H,2-11H2,1H3,(H,17,18,19). The van der Waals surface area contributed by atoms with Crippen molar-refractivity contribution in [3.05, 3.63) is 17.1 Å². The van der Waals surface area contributed by atoms with E-state index in [1.807, 2.05) is 11.8 Å². The second kappa shape index (κ2) is 6.79. The fourth-order valence-corrected chi connectivity index (χ4v) is 4.22. The van der Waals surface area contributed by atoms with Crippen LogP contribution in [0.4, 0.5) is 5.82 Å². The minimum atomic E-state index is 0.593. The van der Waals surface area contributed by atoms with E-state index < -0.39 is 0 Å². The first-order chi connectivity index (χ1) is 9.88. The predicted octanol–water partition coefficient (Wildman–Crippen LogP) is 4.48. The van der Waals surface area contributed by atoms with Crippen molar-refractivity contribution in [1.29, 1.82) is 0 Å². The molecule has 0 atom stereocenters. The zero-order valence-electron chi connectivity index (χ0n) is 12.5. The Bertz CT molecular complexity index is 453. The molecule has 0 saturated heterocycles. The molecule has 1 saturated carbocycles. The molecule has 3 rings (SSSR count). The van der Waals surface area contributed by atoms with Crippen molar-refractivity contribution in [1.82, 2.24) is 9.97 Å². The van der Waals surface area contributed by atoms with Gasteiger partial charge in [0.05, 0.1) is 5.69 Å². The first-order valence-electron chi connectivity index (χ1n) is 8.09. The summed E-state index contributed by atoms with van der Waals surface area (Å²) in [7, 11) is 0. The fourth-order valence-electron chi connectivity index (χ4n) is 3.18. The second-order valence-electron chi connectivity index (χ2n) is 5.96. The van der Waals surface area contributed by atoms with Crippen LogP contribution in [0.25, 0.3) is 0 Å². The zero-order chi connectivity index (χ0) is 13.8. The highest BCUT2D eigenvalue weighted by Gasteiger charge is 2.23. The Labute approximate surface area is 126 Å². The number of nitrogens with one attached hydrogen (secondary N) is 1. The summed E-state index contributed by atoms with van der Waals surface area (Å²) in [6.07, 6.45) is 9.16. The number of nitrogens with zero attached hydrogens (tertiary/aromatic N) is 2. The minimum absolute atomic E-state index is 0.593. The van der Waals surface area contributed by atoms with E-state index in [4.69, 9.17) is 9.97 Å². The highest BCUT2D eigenvalue weighted by Crippen LogP contribution is 2.36. The van der Waals surface area contributed by atoms with Crippen LogP contribution in [0.5, 0.6) is 0 Å². The molecule has 0 unspecified atom stereocenters. The number of fused-ring (bicyclic) bond motifs is 1. The third kappa shape index (κ3) is 3.11. The predicted molar refractivity (Wildman–Crippen MR) is 86.3 cm³/mol. The average molecular weight is 291 g/mol. The minimum Gasteiger partial charge on any atom is -0.370 e. The summed E-state index contributed by atoms with van der Waals surface area (Å²) < 4.78 is 0. The van der Waals surface area contributed by atoms with Crippen molar-refractivity contribution < 1.29 is 0 Å². The lowest BCUT2D eigenvalue weighted by atomic mass is 9.99. The molecule has 20 heavy (non-hydrogen) atoms. The smallest absolute Gasteiger partial charge is 0.134 e. The highest BCUT2D eigenvalue weighted by molar-refractivity contribution is 7.98. The van der Waals surface area contributed by atoms with Crippen LogP contribution in [0.1, 0.15) is 74.9 Å².